The second-order valence-electron chi connectivity index (χ2n) is 9.94. The minimum atomic E-state index is -5.07. The van der Waals surface area contributed by atoms with Crippen LogP contribution in [-0.2, 0) is 6.18 Å². The molecule has 6 nitrogen and oxygen atoms in total. The highest BCUT2D eigenvalue weighted by atomic mass is 19.4. The number of likely N-dealkylation sites (N-methyl/N-ethyl adjacent to an activating group) is 1. The molecule has 0 bridgehead atoms. The summed E-state index contributed by atoms with van der Waals surface area (Å²) >= 11 is 0. The molecular formula is C28H25F7N4O2. The van der Waals surface area contributed by atoms with Gasteiger partial charge < -0.3 is 16.0 Å². The average molecular weight is 583 g/mol. The summed E-state index contributed by atoms with van der Waals surface area (Å²) in [5.41, 5.74) is 0.785. The summed E-state index contributed by atoms with van der Waals surface area (Å²) in [6, 6.07) is 4.43. The molecule has 2 unspecified atom stereocenters. The van der Waals surface area contributed by atoms with Crippen molar-refractivity contribution in [2.45, 2.75) is 32.1 Å². The first-order valence-electron chi connectivity index (χ1n) is 12.4. The van der Waals surface area contributed by atoms with Crippen LogP contribution in [-0.4, -0.2) is 48.9 Å². The first kappa shape index (κ1) is 29.8. The van der Waals surface area contributed by atoms with Crippen molar-refractivity contribution >= 4 is 23.2 Å². The molecule has 13 heteroatoms. The number of nitrogens with two attached hydrogens (primary N) is 1. The smallest absolute Gasteiger partial charge is 0.367 e. The van der Waals surface area contributed by atoms with Crippen LogP contribution >= 0.6 is 0 Å². The van der Waals surface area contributed by atoms with E-state index in [-0.39, 0.29) is 29.5 Å². The van der Waals surface area contributed by atoms with Gasteiger partial charge in [0, 0.05) is 42.4 Å². The van der Waals surface area contributed by atoms with Gasteiger partial charge in [0.1, 0.15) is 23.3 Å². The number of carbonyl (C=O) groups is 2. The number of rotatable bonds is 5. The fourth-order valence-electron chi connectivity index (χ4n) is 4.81. The zero-order valence-corrected chi connectivity index (χ0v) is 22.0. The number of alkyl halides is 3. The van der Waals surface area contributed by atoms with E-state index in [4.69, 9.17) is 5.73 Å². The summed E-state index contributed by atoms with van der Waals surface area (Å²) in [7, 11) is 1.89. The summed E-state index contributed by atoms with van der Waals surface area (Å²) in [5, 5.41) is 2.33. The van der Waals surface area contributed by atoms with Crippen molar-refractivity contribution in [1.29, 1.82) is 0 Å². The molecule has 1 heterocycles. The van der Waals surface area contributed by atoms with E-state index in [1.54, 1.807) is 4.90 Å². The van der Waals surface area contributed by atoms with Crippen LogP contribution in [0, 0.1) is 23.3 Å². The van der Waals surface area contributed by atoms with Gasteiger partial charge in [0.25, 0.3) is 11.8 Å². The van der Waals surface area contributed by atoms with Gasteiger partial charge >= 0.3 is 6.18 Å². The summed E-state index contributed by atoms with van der Waals surface area (Å²) in [4.78, 5) is 28.6. The Bertz CT molecular complexity index is 1510. The number of anilines is 2. The van der Waals surface area contributed by atoms with Gasteiger partial charge in [-0.25, -0.2) is 17.6 Å². The molecule has 0 aliphatic carbocycles. The molecule has 4 rings (SSSR count). The average Bonchev–Trinajstić information content (AvgIpc) is 2.87. The molecule has 1 aliphatic heterocycles. The molecule has 1 fully saturated rings. The quantitative estimate of drug-likeness (QED) is 0.373. The largest absolute Gasteiger partial charge is 0.417 e. The van der Waals surface area contributed by atoms with E-state index in [0.717, 1.165) is 12.1 Å². The van der Waals surface area contributed by atoms with Gasteiger partial charge in [-0.15, -0.1) is 0 Å². The van der Waals surface area contributed by atoms with Gasteiger partial charge in [0.15, 0.2) is 0 Å². The second-order valence-corrected chi connectivity index (χ2v) is 9.94. The normalized spacial score (nSPS) is 18.0. The number of benzene rings is 3. The predicted octanol–water partition coefficient (Wildman–Crippen LogP) is 5.81. The van der Waals surface area contributed by atoms with Crippen LogP contribution in [0.5, 0.6) is 0 Å². The Kier molecular flexibility index (Phi) is 8.03. The van der Waals surface area contributed by atoms with E-state index in [9.17, 15) is 35.9 Å². The zero-order valence-electron chi connectivity index (χ0n) is 22.0. The lowest BCUT2D eigenvalue weighted by molar-refractivity contribution is -0.138. The molecule has 3 aromatic carbocycles. The Hall–Kier alpha value is -4.13. The number of carbonyl (C=O) groups excluding carboxylic acids is 2. The zero-order chi connectivity index (χ0) is 30.4. The minimum Gasteiger partial charge on any atom is -0.367 e. The molecule has 41 heavy (non-hydrogen) atoms. The number of halogens is 7. The Labute approximate surface area is 230 Å². The summed E-state index contributed by atoms with van der Waals surface area (Å²) in [6.45, 7) is 4.48. The standard InChI is InChI=1S/C28H25F7N4O2/c1-13-11-39(12-14(2)38(13)3)25-10-23(32)18(17-7-19(26(36)40)22(31)9-21(17)30)8-24(25)37-27(41)16-5-4-15(29)6-20(16)28(33,34)35/h4-10,13-14H,11-12H2,1-3H3,(H2,36,40)(H,37,41). The molecule has 2 atom stereocenters. The van der Waals surface area contributed by atoms with Crippen molar-refractivity contribution in [3.05, 3.63) is 82.4 Å². The molecule has 0 saturated carbocycles. The van der Waals surface area contributed by atoms with Crippen molar-refractivity contribution < 1.29 is 40.3 Å². The van der Waals surface area contributed by atoms with E-state index < -0.39 is 69.1 Å². The fourth-order valence-corrected chi connectivity index (χ4v) is 4.81. The summed E-state index contributed by atoms with van der Waals surface area (Å²) in [6.07, 6.45) is -5.07. The molecule has 1 saturated heterocycles. The van der Waals surface area contributed by atoms with Crippen LogP contribution in [0.15, 0.2) is 42.5 Å². The van der Waals surface area contributed by atoms with E-state index >= 15 is 4.39 Å². The van der Waals surface area contributed by atoms with Gasteiger partial charge in [0.2, 0.25) is 0 Å². The van der Waals surface area contributed by atoms with E-state index in [0.29, 0.717) is 37.4 Å². The second kappa shape index (κ2) is 11.0. The van der Waals surface area contributed by atoms with Crippen molar-refractivity contribution in [3.8, 4) is 11.1 Å². The first-order valence-corrected chi connectivity index (χ1v) is 12.4. The van der Waals surface area contributed by atoms with Crippen LogP contribution in [0.3, 0.4) is 0 Å². The number of nitrogens with one attached hydrogen (secondary N) is 1. The van der Waals surface area contributed by atoms with Crippen LogP contribution in [0.1, 0.15) is 40.1 Å². The van der Waals surface area contributed by atoms with Gasteiger partial charge in [-0.2, -0.15) is 13.2 Å². The van der Waals surface area contributed by atoms with Gasteiger partial charge in [-0.3, -0.25) is 14.5 Å². The third-order valence-electron chi connectivity index (χ3n) is 7.18. The number of amides is 2. The Morgan fingerprint density at radius 2 is 1.44 bits per heavy atom. The van der Waals surface area contributed by atoms with Crippen LogP contribution < -0.4 is 16.0 Å². The Balaban J connectivity index is 1.88. The molecular weight excluding hydrogens is 557 g/mol. The van der Waals surface area contributed by atoms with Crippen molar-refractivity contribution in [3.63, 3.8) is 0 Å². The molecule has 0 aromatic heterocycles. The van der Waals surface area contributed by atoms with Crippen molar-refractivity contribution in [2.75, 3.05) is 30.4 Å². The van der Waals surface area contributed by atoms with E-state index in [1.807, 2.05) is 20.9 Å². The topological polar surface area (TPSA) is 78.7 Å². The van der Waals surface area contributed by atoms with Crippen LogP contribution in [0.25, 0.3) is 11.1 Å². The predicted molar refractivity (Wildman–Crippen MR) is 139 cm³/mol. The number of hydrogen-bond donors (Lipinski definition) is 2. The lowest BCUT2D eigenvalue weighted by Crippen LogP contribution is -2.55. The molecule has 0 radical (unpaired) electrons. The maximum atomic E-state index is 15.6. The Morgan fingerprint density at radius 3 is 2.02 bits per heavy atom. The molecule has 3 aromatic rings. The monoisotopic (exact) mass is 582 g/mol. The number of nitrogens with zero attached hydrogens (tertiary/aromatic N) is 2. The fraction of sp³-hybridized carbons (Fsp3) is 0.286. The van der Waals surface area contributed by atoms with Crippen LogP contribution in [0.4, 0.5) is 42.1 Å². The third kappa shape index (κ3) is 5.99. The SMILES string of the molecule is CC1CN(c2cc(F)c(-c3cc(C(N)=O)c(F)cc3F)cc2NC(=O)c2ccc(F)cc2C(F)(F)F)CC(C)N1C. The van der Waals surface area contributed by atoms with E-state index in [2.05, 4.69) is 10.2 Å². The highest BCUT2D eigenvalue weighted by molar-refractivity contribution is 6.07. The highest BCUT2D eigenvalue weighted by Crippen LogP contribution is 2.39. The van der Waals surface area contributed by atoms with E-state index in [1.165, 1.54) is 0 Å². The minimum absolute atomic E-state index is 0.0494. The molecule has 3 N–H and O–H groups in total. The molecule has 0 spiro atoms. The van der Waals surface area contributed by atoms with Crippen molar-refractivity contribution in [2.24, 2.45) is 5.73 Å². The highest BCUT2D eigenvalue weighted by Gasteiger charge is 2.36. The van der Waals surface area contributed by atoms with Crippen LogP contribution in [0.2, 0.25) is 0 Å². The number of piperazine rings is 1. The number of primary amides is 1. The first-order chi connectivity index (χ1) is 19.1. The summed E-state index contributed by atoms with van der Waals surface area (Å²) < 4.78 is 99.0. The summed E-state index contributed by atoms with van der Waals surface area (Å²) in [5.74, 6) is -7.29. The molecule has 1 aliphatic rings. The lowest BCUT2D eigenvalue weighted by atomic mass is 9.98. The van der Waals surface area contributed by atoms with Crippen molar-refractivity contribution in [1.82, 2.24) is 4.90 Å². The third-order valence-corrected chi connectivity index (χ3v) is 7.18. The molecule has 2 amide bonds. The van der Waals surface area contributed by atoms with Gasteiger partial charge in [-0.1, -0.05) is 0 Å². The van der Waals surface area contributed by atoms with Gasteiger partial charge in [0.05, 0.1) is 28.1 Å². The molecule has 218 valence electrons. The number of hydrogen-bond acceptors (Lipinski definition) is 4. The lowest BCUT2D eigenvalue weighted by Gasteiger charge is -2.44. The maximum Gasteiger partial charge on any atom is 0.417 e. The van der Waals surface area contributed by atoms with Gasteiger partial charge in [-0.05, 0) is 57.3 Å². The maximum absolute atomic E-state index is 15.6. The Morgan fingerprint density at radius 1 is 0.854 bits per heavy atom.